The number of piperidine rings is 1. The molecule has 2 amide bonds. The monoisotopic (exact) mass is 409 g/mol. The Hall–Kier alpha value is -2.38. The minimum atomic E-state index is -0.0176. The summed E-state index contributed by atoms with van der Waals surface area (Å²) < 4.78 is 1.20. The number of amides is 2. The van der Waals surface area contributed by atoms with Crippen LogP contribution in [-0.4, -0.2) is 40.5 Å². The summed E-state index contributed by atoms with van der Waals surface area (Å²) in [7, 11) is 0. The average Bonchev–Trinajstić information content (AvgIpc) is 3.17. The van der Waals surface area contributed by atoms with Gasteiger partial charge in [0, 0.05) is 29.5 Å². The zero-order chi connectivity index (χ0) is 19.1. The first-order valence-corrected chi connectivity index (χ1v) is 11.2. The molecule has 28 heavy (non-hydrogen) atoms. The third-order valence-electron chi connectivity index (χ3n) is 5.23. The Morgan fingerprint density at radius 3 is 3.00 bits per heavy atom. The van der Waals surface area contributed by atoms with Crippen molar-refractivity contribution in [2.45, 2.75) is 23.7 Å². The van der Waals surface area contributed by atoms with Crippen molar-refractivity contribution >= 4 is 50.8 Å². The first kappa shape index (κ1) is 17.7. The number of fused-ring (bicyclic) bond motifs is 2. The van der Waals surface area contributed by atoms with Crippen LogP contribution in [0.15, 0.2) is 47.4 Å². The predicted octanol–water partition coefficient (Wildman–Crippen LogP) is 4.36. The maximum Gasteiger partial charge on any atom is 0.253 e. The molecule has 1 N–H and O–H groups in total. The average molecular weight is 410 g/mol. The minimum absolute atomic E-state index is 0.0176. The molecule has 3 heterocycles. The van der Waals surface area contributed by atoms with Crippen molar-refractivity contribution in [2.75, 3.05) is 24.2 Å². The number of thiazole rings is 1. The van der Waals surface area contributed by atoms with E-state index < -0.39 is 0 Å². The van der Waals surface area contributed by atoms with E-state index in [0.29, 0.717) is 17.9 Å². The van der Waals surface area contributed by atoms with E-state index in [0.717, 1.165) is 40.5 Å². The lowest BCUT2D eigenvalue weighted by Gasteiger charge is -2.32. The van der Waals surface area contributed by atoms with Gasteiger partial charge in [-0.1, -0.05) is 12.1 Å². The van der Waals surface area contributed by atoms with E-state index in [9.17, 15) is 9.59 Å². The van der Waals surface area contributed by atoms with Crippen molar-refractivity contribution in [2.24, 2.45) is 0 Å². The van der Waals surface area contributed by atoms with Crippen molar-refractivity contribution in [1.29, 1.82) is 0 Å². The van der Waals surface area contributed by atoms with Gasteiger partial charge in [-0.25, -0.2) is 4.98 Å². The van der Waals surface area contributed by atoms with Crippen molar-refractivity contribution in [1.82, 2.24) is 9.88 Å². The third kappa shape index (κ3) is 3.29. The molecule has 0 aliphatic carbocycles. The number of aromatic nitrogens is 1. The summed E-state index contributed by atoms with van der Waals surface area (Å²) in [5.74, 6) is 0.716. The topological polar surface area (TPSA) is 62.3 Å². The normalized spacial score (nSPS) is 19.4. The molecule has 0 spiro atoms. The third-order valence-corrected chi connectivity index (χ3v) is 7.50. The van der Waals surface area contributed by atoms with Crippen molar-refractivity contribution in [3.05, 3.63) is 53.0 Å². The van der Waals surface area contributed by atoms with E-state index in [1.54, 1.807) is 11.3 Å². The fourth-order valence-corrected chi connectivity index (χ4v) is 5.71. The molecular weight excluding hydrogens is 390 g/mol. The fourth-order valence-electron chi connectivity index (χ4n) is 3.83. The molecule has 142 valence electrons. The smallest absolute Gasteiger partial charge is 0.253 e. The van der Waals surface area contributed by atoms with E-state index in [-0.39, 0.29) is 17.7 Å². The molecule has 0 bridgehead atoms. The van der Waals surface area contributed by atoms with Crippen LogP contribution in [0.3, 0.4) is 0 Å². The highest BCUT2D eigenvalue weighted by molar-refractivity contribution is 8.00. The molecule has 7 heteroatoms. The van der Waals surface area contributed by atoms with Crippen LogP contribution in [0.1, 0.15) is 34.1 Å². The Balaban J connectivity index is 1.36. The van der Waals surface area contributed by atoms with E-state index in [4.69, 9.17) is 4.98 Å². The number of thioether (sulfide) groups is 1. The van der Waals surface area contributed by atoms with Gasteiger partial charge in [-0.05, 0) is 43.2 Å². The highest BCUT2D eigenvalue weighted by atomic mass is 32.2. The van der Waals surface area contributed by atoms with Gasteiger partial charge < -0.3 is 10.2 Å². The highest BCUT2D eigenvalue weighted by Crippen LogP contribution is 2.35. The molecule has 0 saturated carbocycles. The van der Waals surface area contributed by atoms with E-state index in [2.05, 4.69) is 11.4 Å². The fraction of sp³-hybridized carbons (Fsp3) is 0.286. The molecule has 2 aliphatic heterocycles. The quantitative estimate of drug-likeness (QED) is 0.683. The van der Waals surface area contributed by atoms with Gasteiger partial charge >= 0.3 is 0 Å². The zero-order valence-corrected chi connectivity index (χ0v) is 16.8. The molecule has 1 atom stereocenters. The summed E-state index contributed by atoms with van der Waals surface area (Å²) >= 11 is 3.24. The van der Waals surface area contributed by atoms with Gasteiger partial charge in [-0.2, -0.15) is 0 Å². The second-order valence-corrected chi connectivity index (χ2v) is 9.24. The zero-order valence-electron chi connectivity index (χ0n) is 15.2. The number of para-hydroxylation sites is 1. The number of carbonyl (C=O) groups excluding carboxylic acids is 2. The lowest BCUT2D eigenvalue weighted by molar-refractivity contribution is -0.113. The second kappa shape index (κ2) is 7.22. The predicted molar refractivity (Wildman–Crippen MR) is 113 cm³/mol. The molecule has 1 unspecified atom stereocenters. The summed E-state index contributed by atoms with van der Waals surface area (Å²) in [6.07, 6.45) is 2.03. The van der Waals surface area contributed by atoms with Gasteiger partial charge in [0.2, 0.25) is 5.91 Å². The highest BCUT2D eigenvalue weighted by Gasteiger charge is 2.28. The number of carbonyl (C=O) groups is 2. The number of nitrogens with zero attached hydrogens (tertiary/aromatic N) is 2. The molecule has 1 saturated heterocycles. The maximum atomic E-state index is 13.1. The first-order chi connectivity index (χ1) is 13.7. The molecule has 3 aromatic rings. The lowest BCUT2D eigenvalue weighted by Crippen LogP contribution is -2.39. The Morgan fingerprint density at radius 1 is 1.21 bits per heavy atom. The van der Waals surface area contributed by atoms with Gasteiger partial charge in [0.15, 0.2) is 0 Å². The number of benzene rings is 2. The number of rotatable bonds is 2. The van der Waals surface area contributed by atoms with Gasteiger partial charge in [0.25, 0.3) is 5.91 Å². The Bertz CT molecular complexity index is 1050. The molecule has 2 aliphatic rings. The molecule has 1 fully saturated rings. The number of anilines is 1. The first-order valence-electron chi connectivity index (χ1n) is 9.39. The molecule has 5 nitrogen and oxygen atoms in total. The lowest BCUT2D eigenvalue weighted by atomic mass is 9.98. The minimum Gasteiger partial charge on any atom is -0.338 e. The Morgan fingerprint density at radius 2 is 2.11 bits per heavy atom. The van der Waals surface area contributed by atoms with E-state index in [1.165, 1.54) is 16.5 Å². The Labute approximate surface area is 171 Å². The summed E-state index contributed by atoms with van der Waals surface area (Å²) in [5.41, 5.74) is 2.41. The largest absolute Gasteiger partial charge is 0.338 e. The summed E-state index contributed by atoms with van der Waals surface area (Å²) in [4.78, 5) is 32.5. The molecular formula is C21H19N3O2S2. The van der Waals surface area contributed by atoms with Crippen molar-refractivity contribution in [3.8, 4) is 0 Å². The molecule has 0 radical (unpaired) electrons. The van der Waals surface area contributed by atoms with E-state index >= 15 is 0 Å². The number of hydrogen-bond acceptors (Lipinski definition) is 5. The Kier molecular flexibility index (Phi) is 4.56. The van der Waals surface area contributed by atoms with Crippen LogP contribution in [0.4, 0.5) is 5.69 Å². The van der Waals surface area contributed by atoms with Crippen LogP contribution < -0.4 is 5.32 Å². The summed E-state index contributed by atoms with van der Waals surface area (Å²) in [5, 5.41) is 3.99. The number of likely N-dealkylation sites (tertiary alicyclic amines) is 1. The molecule has 1 aromatic heterocycles. The maximum absolute atomic E-state index is 13.1. The second-order valence-electron chi connectivity index (χ2n) is 7.16. The van der Waals surface area contributed by atoms with Crippen LogP contribution >= 0.6 is 23.1 Å². The summed E-state index contributed by atoms with van der Waals surface area (Å²) in [6.45, 7) is 1.45. The summed E-state index contributed by atoms with van der Waals surface area (Å²) in [6, 6.07) is 13.8. The van der Waals surface area contributed by atoms with Gasteiger partial charge in [-0.3, -0.25) is 9.59 Å². The van der Waals surface area contributed by atoms with Crippen LogP contribution in [0.2, 0.25) is 0 Å². The van der Waals surface area contributed by atoms with Crippen molar-refractivity contribution in [3.63, 3.8) is 0 Å². The van der Waals surface area contributed by atoms with Gasteiger partial charge in [-0.15, -0.1) is 23.1 Å². The van der Waals surface area contributed by atoms with Crippen molar-refractivity contribution < 1.29 is 9.59 Å². The van der Waals surface area contributed by atoms with Crippen LogP contribution in [0.25, 0.3) is 10.2 Å². The SMILES string of the molecule is O=C1CSc2ccc(C(=O)N3CCCC(c4nc5ccccc5s4)C3)cc2N1. The van der Waals surface area contributed by atoms with Gasteiger partial charge in [0.05, 0.1) is 26.7 Å². The van der Waals surface area contributed by atoms with Crippen LogP contribution in [0, 0.1) is 0 Å². The van der Waals surface area contributed by atoms with Gasteiger partial charge in [0.1, 0.15) is 0 Å². The number of hydrogen-bond donors (Lipinski definition) is 1. The molecule has 2 aromatic carbocycles. The standard InChI is InChI=1S/C21H19N3O2S2/c25-19-12-27-17-8-7-13(10-16(17)22-19)21(26)24-9-3-4-14(11-24)20-23-15-5-1-2-6-18(15)28-20/h1-2,5-8,10,14H,3-4,9,11-12H2,(H,22,25). The van der Waals surface area contributed by atoms with E-state index in [1.807, 2.05) is 41.3 Å². The number of nitrogens with one attached hydrogen (secondary N) is 1. The van der Waals surface area contributed by atoms with Crippen LogP contribution in [-0.2, 0) is 4.79 Å². The van der Waals surface area contributed by atoms with Crippen LogP contribution in [0.5, 0.6) is 0 Å². The molecule has 5 rings (SSSR count).